The van der Waals surface area contributed by atoms with Gasteiger partial charge < -0.3 is 101 Å². The van der Waals surface area contributed by atoms with Crippen molar-refractivity contribution in [3.05, 3.63) is 0 Å². The molecule has 0 aliphatic heterocycles. The van der Waals surface area contributed by atoms with Gasteiger partial charge in [-0.25, -0.2) is 27.4 Å². The van der Waals surface area contributed by atoms with Gasteiger partial charge in [-0.15, -0.1) is 0 Å². The van der Waals surface area contributed by atoms with Crippen molar-refractivity contribution in [1.82, 2.24) is 39.6 Å². The van der Waals surface area contributed by atoms with Gasteiger partial charge in [-0.1, -0.05) is 0 Å². The molecule has 1 aromatic heterocycles. The van der Waals surface area contributed by atoms with Crippen molar-refractivity contribution in [1.29, 1.82) is 0 Å². The van der Waals surface area contributed by atoms with Gasteiger partial charge in [0.05, 0.1) is 0 Å². The summed E-state index contributed by atoms with van der Waals surface area (Å²) in [5.41, 5.74) is 15.4. The van der Waals surface area contributed by atoms with E-state index in [2.05, 4.69) is 27.9 Å². The van der Waals surface area contributed by atoms with Crippen LogP contribution in [0, 0.1) is 0 Å². The molecule has 30 N–H and O–H groups in total. The van der Waals surface area contributed by atoms with Crippen LogP contribution in [0.25, 0.3) is 0 Å². The van der Waals surface area contributed by atoms with Crippen molar-refractivity contribution in [2.24, 2.45) is 0 Å². The topological polar surface area (TPSA) is 630 Å². The lowest BCUT2D eigenvalue weighted by molar-refractivity contribution is 0.221. The fourth-order valence-corrected chi connectivity index (χ4v) is 4.17. The number of nitrogens with zero attached hydrogens (tertiary/aromatic N) is 3. The van der Waals surface area contributed by atoms with Crippen molar-refractivity contribution >= 4 is 64.8 Å². The van der Waals surface area contributed by atoms with E-state index < -0.39 is 46.9 Å². The summed E-state index contributed by atoms with van der Waals surface area (Å²) in [6, 6.07) is 0. The summed E-state index contributed by atoms with van der Waals surface area (Å²) in [5, 5.41) is 0. The van der Waals surface area contributed by atoms with Crippen LogP contribution in [-0.4, -0.2) is 73.7 Å². The monoisotopic (exact) mass is 728 g/mol. The van der Waals surface area contributed by atoms with Gasteiger partial charge in [-0.3, -0.25) is 0 Å². The lowest BCUT2D eigenvalue weighted by Crippen LogP contribution is -2.05. The summed E-state index contributed by atoms with van der Waals surface area (Å²) < 4.78 is 66.6. The Labute approximate surface area is 221 Å². The third-order valence-corrected chi connectivity index (χ3v) is 6.43. The van der Waals surface area contributed by atoms with Crippen LogP contribution < -0.4 is 41.8 Å². The van der Waals surface area contributed by atoms with E-state index in [-0.39, 0.29) is 42.4 Å². The molecule has 0 aliphatic rings. The molecule has 0 aliphatic carbocycles. The Balaban J connectivity index is -0.0000000703. The van der Waals surface area contributed by atoms with Crippen LogP contribution in [0.3, 0.4) is 0 Å². The van der Waals surface area contributed by atoms with Gasteiger partial charge in [0.15, 0.2) is 0 Å². The number of hydrogen-bond acceptors (Lipinski definition) is 19. The van der Waals surface area contributed by atoms with Gasteiger partial charge in [0.1, 0.15) is 0 Å². The molecule has 0 atom stereocenters. The Morgan fingerprint density at radius 1 is 0.375 bits per heavy atom. The van der Waals surface area contributed by atoms with Crippen LogP contribution in [0.5, 0.6) is 0 Å². The van der Waals surface area contributed by atoms with Crippen molar-refractivity contribution in [2.75, 3.05) is 17.2 Å². The Hall–Kier alpha value is -0.970. The first kappa shape index (κ1) is 55.0. The molecule has 0 saturated heterocycles. The van der Waals surface area contributed by atoms with E-state index in [1.807, 2.05) is 0 Å². The summed E-state index contributed by atoms with van der Waals surface area (Å²) in [6.07, 6.45) is 0. The molecule has 0 radical (unpaired) electrons. The molecule has 0 spiro atoms. The molecule has 0 bridgehead atoms. The second-order valence-corrected chi connectivity index (χ2v) is 12.4. The summed E-state index contributed by atoms with van der Waals surface area (Å²) in [4.78, 5) is 103. The molecule has 1 rings (SSSR count). The Bertz CT molecular complexity index is 900. The predicted octanol–water partition coefficient (Wildman–Crippen LogP) is -3.17. The fourth-order valence-electron chi connectivity index (χ4n) is 0.843. The van der Waals surface area contributed by atoms with Crippen molar-refractivity contribution in [3.63, 3.8) is 0 Å². The van der Waals surface area contributed by atoms with E-state index in [0.29, 0.717) is 0 Å². The maximum Gasteiger partial charge on any atom is 0.478 e. The van der Waals surface area contributed by atoms with E-state index in [1.165, 1.54) is 0 Å². The van der Waals surface area contributed by atoms with Gasteiger partial charge in [0.25, 0.3) is 0 Å². The number of nitrogen functional groups attached to an aromatic ring is 3. The third-order valence-electron chi connectivity index (χ3n) is 1.33. The molecule has 0 aromatic carbocycles. The van der Waals surface area contributed by atoms with Gasteiger partial charge in [0.2, 0.25) is 17.8 Å². The number of phosphoric acid groups is 6. The lowest BCUT2D eigenvalue weighted by atomic mass is 10.9. The molecule has 0 amide bonds. The van der Waals surface area contributed by atoms with Gasteiger partial charge in [-0.05, 0) is 0 Å². The zero-order valence-electron chi connectivity index (χ0n) is 19.1. The van der Waals surface area contributed by atoms with Crippen molar-refractivity contribution in [3.8, 4) is 0 Å². The van der Waals surface area contributed by atoms with Gasteiger partial charge in [0, 0.05) is 0 Å². The molecule has 0 unspecified atom stereocenters. The average Bonchev–Trinajstić information content (AvgIpc) is 2.33. The number of hydrogen-bond donors (Lipinski definition) is 19. The summed E-state index contributed by atoms with van der Waals surface area (Å²) >= 11 is 0. The predicted molar refractivity (Wildman–Crippen MR) is 129 cm³/mol. The van der Waals surface area contributed by atoms with E-state index in [9.17, 15) is 27.4 Å². The number of anilines is 3. The van der Waals surface area contributed by atoms with E-state index in [1.54, 1.807) is 0 Å². The number of aromatic nitrogens is 3. The highest BCUT2D eigenvalue weighted by Crippen LogP contribution is 2.55. The first-order chi connectivity index (χ1) is 15.3. The molecule has 37 heteroatoms. The second-order valence-electron chi connectivity index (χ2n) is 4.60. The Kier molecular flexibility index (Phi) is 28.7. The second kappa shape index (κ2) is 20.8. The highest BCUT2D eigenvalue weighted by molar-refractivity contribution is 7.61. The molecule has 0 saturated carbocycles. The van der Waals surface area contributed by atoms with Crippen LogP contribution in [0.1, 0.15) is 0 Å². The Morgan fingerprint density at radius 3 is 0.525 bits per heavy atom. The van der Waals surface area contributed by atoms with Crippen LogP contribution in [0.2, 0.25) is 0 Å². The minimum Gasteiger partial charge on any atom is -0.368 e. The molecule has 1 heterocycles. The minimum atomic E-state index is -5.05. The average molecular weight is 728 g/mol. The molecular weight excluding hydrogens is 698 g/mol. The first-order valence-corrected chi connectivity index (χ1v) is 16.0. The normalized spacial score (nSPS) is 11.4. The van der Waals surface area contributed by atoms with Gasteiger partial charge in [-0.2, -0.15) is 27.9 Å². The van der Waals surface area contributed by atoms with E-state index in [4.69, 9.17) is 75.9 Å². The highest BCUT2D eigenvalue weighted by Gasteiger charge is 2.29. The SMILES string of the molecule is N.N.N.N.Nc1nc(N)nc(N)n1.O=P(O)(O)OP(=O)(O)O.O=P(O)(O)OP(=O)(O)O.O=P(O)(O)OP(=O)(O)O. The largest absolute Gasteiger partial charge is 0.478 e. The molecule has 1 aromatic rings. The van der Waals surface area contributed by atoms with Crippen molar-refractivity contribution in [2.45, 2.75) is 0 Å². The number of rotatable bonds is 6. The number of nitrogens with two attached hydrogens (primary N) is 3. The highest BCUT2D eigenvalue weighted by atomic mass is 31.3. The van der Waals surface area contributed by atoms with Gasteiger partial charge >= 0.3 is 46.9 Å². The molecular formula is C3H30N10O21P6. The Morgan fingerprint density at radius 2 is 0.475 bits per heavy atom. The maximum absolute atomic E-state index is 9.63. The van der Waals surface area contributed by atoms with Crippen LogP contribution in [0.15, 0.2) is 0 Å². The summed E-state index contributed by atoms with van der Waals surface area (Å²) in [6.45, 7) is 0. The smallest absolute Gasteiger partial charge is 0.368 e. The fraction of sp³-hybridized carbons (Fsp3) is 0. The first-order valence-electron chi connectivity index (χ1n) is 6.80. The maximum atomic E-state index is 9.63. The quantitative estimate of drug-likeness (QED) is 0.128. The zero-order chi connectivity index (χ0) is 30.0. The van der Waals surface area contributed by atoms with Crippen LogP contribution in [0.4, 0.5) is 17.8 Å². The molecule has 31 nitrogen and oxygen atoms in total. The summed E-state index contributed by atoms with van der Waals surface area (Å²) in [5.74, 6) is 0.125. The van der Waals surface area contributed by atoms with Crippen LogP contribution in [-0.2, 0) is 40.3 Å². The van der Waals surface area contributed by atoms with Crippen molar-refractivity contribution < 1.29 is 99.0 Å². The molecule has 248 valence electrons. The standard InChI is InChI=1S/C3H6N6.4H3N.3H4O7P2/c4-1-7-2(5)9-3(6)8-1;;;;;3*1-8(2,3)7-9(4,5)6/h(H6,4,5,6,7,8,9);4*1H3;3*(H2,1,2,3)(H2,4,5,6). The molecule has 40 heavy (non-hydrogen) atoms. The zero-order valence-corrected chi connectivity index (χ0v) is 24.5. The summed E-state index contributed by atoms with van der Waals surface area (Å²) in [7, 11) is -30.3. The lowest BCUT2D eigenvalue weighted by Gasteiger charge is -2.03. The van der Waals surface area contributed by atoms with Crippen LogP contribution >= 0.6 is 46.9 Å². The third kappa shape index (κ3) is 57.0. The van der Waals surface area contributed by atoms with E-state index in [0.717, 1.165) is 0 Å². The molecule has 0 fully saturated rings. The minimum absolute atomic E-state index is 0. The van der Waals surface area contributed by atoms with E-state index >= 15 is 0 Å².